The van der Waals surface area contributed by atoms with Gasteiger partial charge < -0.3 is 10.2 Å². The Morgan fingerprint density at radius 1 is 1.06 bits per heavy atom. The number of nitrogens with zero attached hydrogens (tertiary/aromatic N) is 3. The van der Waals surface area contributed by atoms with Crippen LogP contribution in [0.1, 0.15) is 53.4 Å². The van der Waals surface area contributed by atoms with Crippen LogP contribution in [-0.4, -0.2) is 39.6 Å². The third kappa shape index (κ3) is 7.26. The summed E-state index contributed by atoms with van der Waals surface area (Å²) in [7, 11) is 0. The molecule has 0 saturated carbocycles. The number of benzene rings is 2. The molecule has 1 heterocycles. The number of carbonyl (C=O) groups excluding carboxylic acids is 2. The molecule has 0 fully saturated rings. The van der Waals surface area contributed by atoms with Crippen molar-refractivity contribution in [2.24, 2.45) is 11.8 Å². The number of rotatable bonds is 12. The summed E-state index contributed by atoms with van der Waals surface area (Å²) in [6.45, 7) is 8.71. The molecular formula is C29H37FN4O2. The van der Waals surface area contributed by atoms with Crippen LogP contribution < -0.4 is 5.32 Å². The quantitative estimate of drug-likeness (QED) is 0.322. The molecule has 2 aromatic carbocycles. The molecule has 3 aromatic rings. The van der Waals surface area contributed by atoms with Crippen LogP contribution in [0.25, 0.3) is 16.9 Å². The van der Waals surface area contributed by atoms with Gasteiger partial charge in [0.25, 0.3) is 0 Å². The highest BCUT2D eigenvalue weighted by molar-refractivity contribution is 5.95. The number of halogens is 1. The van der Waals surface area contributed by atoms with Crippen molar-refractivity contribution in [3.63, 3.8) is 0 Å². The average molecular weight is 493 g/mol. The lowest BCUT2D eigenvalue weighted by Crippen LogP contribution is -2.43. The maximum absolute atomic E-state index is 13.5. The molecule has 0 aliphatic rings. The minimum atomic E-state index is -0.351. The van der Waals surface area contributed by atoms with Gasteiger partial charge in [0.15, 0.2) is 0 Å². The number of carbonyl (C=O) groups is 2. The van der Waals surface area contributed by atoms with Gasteiger partial charge >= 0.3 is 0 Å². The third-order valence-corrected chi connectivity index (χ3v) is 6.10. The van der Waals surface area contributed by atoms with Crippen LogP contribution >= 0.6 is 0 Å². The van der Waals surface area contributed by atoms with Crippen LogP contribution in [0.5, 0.6) is 0 Å². The number of anilines is 1. The fraction of sp³-hybridized carbons (Fsp3) is 0.414. The standard InChI is InChI=1S/C29H37FN4O2/c1-5-7-11-22(6-2)29(36)33(19-21(3)4)20-28(35)31-27-18-26(23-12-9-8-10-13-23)32-34(27)25-16-14-24(30)15-17-25/h8-10,12-18,21-22H,5-7,11,19-20H2,1-4H3,(H,31,35)/t22-/m1/s1. The second-order valence-corrected chi connectivity index (χ2v) is 9.58. The molecule has 0 radical (unpaired) electrons. The molecule has 192 valence electrons. The largest absolute Gasteiger partial charge is 0.333 e. The van der Waals surface area contributed by atoms with Crippen molar-refractivity contribution in [3.05, 3.63) is 66.5 Å². The molecule has 7 heteroatoms. The summed E-state index contributed by atoms with van der Waals surface area (Å²) >= 11 is 0. The third-order valence-electron chi connectivity index (χ3n) is 6.10. The second kappa shape index (κ2) is 13.0. The number of hydrogen-bond donors (Lipinski definition) is 1. The highest BCUT2D eigenvalue weighted by Gasteiger charge is 2.25. The first-order valence-electron chi connectivity index (χ1n) is 12.8. The SMILES string of the molecule is CCCC[C@@H](CC)C(=O)N(CC(=O)Nc1cc(-c2ccccc2)nn1-c1ccc(F)cc1)CC(C)C. The van der Waals surface area contributed by atoms with Crippen LogP contribution in [-0.2, 0) is 9.59 Å². The Balaban J connectivity index is 1.86. The Morgan fingerprint density at radius 2 is 1.75 bits per heavy atom. The predicted molar refractivity (Wildman–Crippen MR) is 142 cm³/mol. The molecule has 1 aromatic heterocycles. The molecule has 0 saturated heterocycles. The van der Waals surface area contributed by atoms with Gasteiger partial charge in [-0.3, -0.25) is 9.59 Å². The molecule has 6 nitrogen and oxygen atoms in total. The minimum Gasteiger partial charge on any atom is -0.333 e. The summed E-state index contributed by atoms with van der Waals surface area (Å²) in [6.07, 6.45) is 3.61. The minimum absolute atomic E-state index is 0.0328. The monoisotopic (exact) mass is 492 g/mol. The van der Waals surface area contributed by atoms with Crippen molar-refractivity contribution >= 4 is 17.6 Å². The van der Waals surface area contributed by atoms with Crippen LogP contribution in [0.3, 0.4) is 0 Å². The van der Waals surface area contributed by atoms with Crippen LogP contribution in [0.15, 0.2) is 60.7 Å². The molecule has 0 spiro atoms. The van der Waals surface area contributed by atoms with E-state index in [1.165, 1.54) is 12.1 Å². The molecule has 36 heavy (non-hydrogen) atoms. The highest BCUT2D eigenvalue weighted by atomic mass is 19.1. The molecule has 0 unspecified atom stereocenters. The van der Waals surface area contributed by atoms with E-state index in [0.29, 0.717) is 23.7 Å². The van der Waals surface area contributed by atoms with Gasteiger partial charge in [0.1, 0.15) is 11.6 Å². The lowest BCUT2D eigenvalue weighted by atomic mass is 9.97. The summed E-state index contributed by atoms with van der Waals surface area (Å²) in [5.41, 5.74) is 2.19. The Hall–Kier alpha value is -3.48. The number of amides is 2. The van der Waals surface area contributed by atoms with Gasteiger partial charge in [0, 0.05) is 24.1 Å². The predicted octanol–water partition coefficient (Wildman–Crippen LogP) is 6.32. The number of unbranched alkanes of at least 4 members (excludes halogenated alkanes) is 1. The van der Waals surface area contributed by atoms with Gasteiger partial charge in [-0.25, -0.2) is 9.07 Å². The topological polar surface area (TPSA) is 67.2 Å². The van der Waals surface area contributed by atoms with Crippen molar-refractivity contribution in [2.45, 2.75) is 53.4 Å². The number of aromatic nitrogens is 2. The van der Waals surface area contributed by atoms with Crippen LogP contribution in [0.2, 0.25) is 0 Å². The first kappa shape index (κ1) is 27.1. The van der Waals surface area contributed by atoms with E-state index < -0.39 is 0 Å². The van der Waals surface area contributed by atoms with E-state index in [2.05, 4.69) is 17.3 Å². The molecular weight excluding hydrogens is 455 g/mol. The van der Waals surface area contributed by atoms with Crippen LogP contribution in [0, 0.1) is 17.7 Å². The first-order chi connectivity index (χ1) is 17.3. The highest BCUT2D eigenvalue weighted by Crippen LogP contribution is 2.25. The maximum Gasteiger partial charge on any atom is 0.245 e. The van der Waals surface area contributed by atoms with E-state index in [-0.39, 0.29) is 36.0 Å². The number of hydrogen-bond acceptors (Lipinski definition) is 3. The van der Waals surface area contributed by atoms with E-state index in [4.69, 9.17) is 0 Å². The average Bonchev–Trinajstić information content (AvgIpc) is 3.28. The Labute approximate surface area is 213 Å². The fourth-order valence-electron chi connectivity index (χ4n) is 4.24. The van der Waals surface area contributed by atoms with Gasteiger partial charge in [-0.2, -0.15) is 5.10 Å². The van der Waals surface area contributed by atoms with Gasteiger partial charge in [0.2, 0.25) is 11.8 Å². The summed E-state index contributed by atoms with van der Waals surface area (Å²) in [5, 5.41) is 7.62. The second-order valence-electron chi connectivity index (χ2n) is 9.58. The van der Waals surface area contributed by atoms with Crippen molar-refractivity contribution in [1.29, 1.82) is 0 Å². The summed E-state index contributed by atoms with van der Waals surface area (Å²) in [5.74, 6) is 0.00594. The van der Waals surface area contributed by atoms with Gasteiger partial charge in [-0.15, -0.1) is 0 Å². The normalized spacial score (nSPS) is 11.9. The van der Waals surface area contributed by atoms with E-state index in [1.807, 2.05) is 51.1 Å². The Morgan fingerprint density at radius 3 is 2.36 bits per heavy atom. The van der Waals surface area contributed by atoms with Crippen LogP contribution in [0.4, 0.5) is 10.2 Å². The van der Waals surface area contributed by atoms with Crippen molar-refractivity contribution in [2.75, 3.05) is 18.4 Å². The zero-order chi connectivity index (χ0) is 26.1. The van der Waals surface area contributed by atoms with E-state index >= 15 is 0 Å². The zero-order valence-corrected chi connectivity index (χ0v) is 21.7. The Bertz CT molecular complexity index is 1130. The van der Waals surface area contributed by atoms with Gasteiger partial charge in [-0.1, -0.05) is 70.9 Å². The maximum atomic E-state index is 13.5. The van der Waals surface area contributed by atoms with Gasteiger partial charge in [0.05, 0.1) is 17.9 Å². The van der Waals surface area contributed by atoms with E-state index in [0.717, 1.165) is 31.2 Å². The molecule has 1 atom stereocenters. The van der Waals surface area contributed by atoms with Crippen molar-refractivity contribution in [3.8, 4) is 16.9 Å². The van der Waals surface area contributed by atoms with Crippen molar-refractivity contribution in [1.82, 2.24) is 14.7 Å². The number of nitrogens with one attached hydrogen (secondary N) is 1. The summed E-state index contributed by atoms with van der Waals surface area (Å²) in [6, 6.07) is 17.4. The summed E-state index contributed by atoms with van der Waals surface area (Å²) < 4.78 is 15.1. The van der Waals surface area contributed by atoms with E-state index in [1.54, 1.807) is 27.8 Å². The lowest BCUT2D eigenvalue weighted by Gasteiger charge is -2.28. The van der Waals surface area contributed by atoms with Gasteiger partial charge in [-0.05, 0) is 43.0 Å². The molecule has 2 amide bonds. The molecule has 0 bridgehead atoms. The van der Waals surface area contributed by atoms with Crippen molar-refractivity contribution < 1.29 is 14.0 Å². The lowest BCUT2D eigenvalue weighted by molar-refractivity contribution is -0.139. The van der Waals surface area contributed by atoms with E-state index in [9.17, 15) is 14.0 Å². The molecule has 0 aliphatic carbocycles. The zero-order valence-electron chi connectivity index (χ0n) is 21.7. The first-order valence-corrected chi connectivity index (χ1v) is 12.8. The molecule has 0 aliphatic heterocycles. The molecule has 1 N–H and O–H groups in total. The fourth-order valence-corrected chi connectivity index (χ4v) is 4.24. The summed E-state index contributed by atoms with van der Waals surface area (Å²) in [4.78, 5) is 28.2. The smallest absolute Gasteiger partial charge is 0.245 e. The Kier molecular flexibility index (Phi) is 9.79. The molecule has 3 rings (SSSR count).